The van der Waals surface area contributed by atoms with Gasteiger partial charge in [-0.2, -0.15) is 0 Å². The number of hydrogen-bond acceptors (Lipinski definition) is 5. The first-order valence-electron chi connectivity index (χ1n) is 8.37. The number of H-pyrrole nitrogens is 1. The quantitative estimate of drug-likeness (QED) is 0.718. The lowest BCUT2D eigenvalue weighted by Crippen LogP contribution is -2.05. The molecule has 4 rings (SSSR count). The summed E-state index contributed by atoms with van der Waals surface area (Å²) in [6, 6.07) is 9.47. The van der Waals surface area contributed by atoms with Gasteiger partial charge in [-0.3, -0.25) is 4.79 Å². The molecule has 0 saturated heterocycles. The van der Waals surface area contributed by atoms with E-state index < -0.39 is 0 Å². The fourth-order valence-corrected chi connectivity index (χ4v) is 4.09. The van der Waals surface area contributed by atoms with E-state index in [1.807, 2.05) is 24.3 Å². The second kappa shape index (κ2) is 6.81. The third-order valence-corrected chi connectivity index (χ3v) is 5.43. The fourth-order valence-electron chi connectivity index (χ4n) is 3.33. The van der Waals surface area contributed by atoms with E-state index in [4.69, 9.17) is 4.42 Å². The maximum absolute atomic E-state index is 11.8. The van der Waals surface area contributed by atoms with Gasteiger partial charge in [0.15, 0.2) is 0 Å². The highest BCUT2D eigenvalue weighted by Gasteiger charge is 2.21. The molecule has 1 saturated carbocycles. The first-order chi connectivity index (χ1) is 11.8. The van der Waals surface area contributed by atoms with Crippen molar-refractivity contribution in [2.75, 3.05) is 0 Å². The molecule has 0 bridgehead atoms. The molecule has 0 unspecified atom stereocenters. The summed E-state index contributed by atoms with van der Waals surface area (Å²) in [5, 5.41) is 10.0. The lowest BCUT2D eigenvalue weighted by molar-refractivity contribution is 0.334. The summed E-state index contributed by atoms with van der Waals surface area (Å²) in [6.07, 6.45) is 6.08. The Kier molecular flexibility index (Phi) is 4.38. The summed E-state index contributed by atoms with van der Waals surface area (Å²) in [4.78, 5) is 14.7. The SMILES string of the molecule is O=c1cc(CSc2nnc(C3CCCCC3)o2)c2ccccc2[nH]1. The number of aromatic amines is 1. The summed E-state index contributed by atoms with van der Waals surface area (Å²) in [7, 11) is 0. The minimum atomic E-state index is -0.0854. The van der Waals surface area contributed by atoms with Crippen molar-refractivity contribution in [2.24, 2.45) is 0 Å². The van der Waals surface area contributed by atoms with Gasteiger partial charge in [-0.05, 0) is 24.5 Å². The van der Waals surface area contributed by atoms with Crippen molar-refractivity contribution in [1.82, 2.24) is 15.2 Å². The first-order valence-corrected chi connectivity index (χ1v) is 9.35. The molecule has 1 aliphatic rings. The second-order valence-electron chi connectivity index (χ2n) is 6.23. The van der Waals surface area contributed by atoms with E-state index >= 15 is 0 Å². The van der Waals surface area contributed by atoms with Crippen molar-refractivity contribution in [1.29, 1.82) is 0 Å². The number of pyridine rings is 1. The first kappa shape index (κ1) is 15.4. The lowest BCUT2D eigenvalue weighted by atomic mass is 9.89. The normalized spacial score (nSPS) is 15.8. The van der Waals surface area contributed by atoms with Crippen LogP contribution in [0.1, 0.15) is 49.5 Å². The minimum Gasteiger partial charge on any atom is -0.416 e. The number of rotatable bonds is 4. The third kappa shape index (κ3) is 3.24. The Morgan fingerprint density at radius 1 is 1.17 bits per heavy atom. The van der Waals surface area contributed by atoms with Crippen LogP contribution >= 0.6 is 11.8 Å². The van der Waals surface area contributed by atoms with Crippen LogP contribution in [0, 0.1) is 0 Å². The highest BCUT2D eigenvalue weighted by Crippen LogP contribution is 2.33. The van der Waals surface area contributed by atoms with Crippen molar-refractivity contribution < 1.29 is 4.42 Å². The Morgan fingerprint density at radius 3 is 2.88 bits per heavy atom. The van der Waals surface area contributed by atoms with Crippen LogP contribution < -0.4 is 5.56 Å². The zero-order valence-electron chi connectivity index (χ0n) is 13.3. The molecule has 5 nitrogen and oxygen atoms in total. The van der Waals surface area contributed by atoms with E-state index in [-0.39, 0.29) is 5.56 Å². The van der Waals surface area contributed by atoms with Crippen LogP contribution in [0.15, 0.2) is 44.8 Å². The van der Waals surface area contributed by atoms with Gasteiger partial charge in [0.25, 0.3) is 5.22 Å². The summed E-state index contributed by atoms with van der Waals surface area (Å²) in [5.74, 6) is 1.82. The van der Waals surface area contributed by atoms with Crippen molar-refractivity contribution in [2.45, 2.75) is 49.0 Å². The van der Waals surface area contributed by atoms with Crippen molar-refractivity contribution in [3.05, 3.63) is 52.1 Å². The molecule has 3 aromatic rings. The molecule has 2 aromatic heterocycles. The van der Waals surface area contributed by atoms with Crippen LogP contribution in [0.25, 0.3) is 10.9 Å². The number of nitrogens with zero attached hydrogens (tertiary/aromatic N) is 2. The van der Waals surface area contributed by atoms with Gasteiger partial charge in [-0.25, -0.2) is 0 Å². The Hall–Kier alpha value is -2.08. The van der Waals surface area contributed by atoms with Gasteiger partial charge in [0, 0.05) is 28.6 Å². The van der Waals surface area contributed by atoms with E-state index in [0.717, 1.165) is 35.2 Å². The number of hydrogen-bond donors (Lipinski definition) is 1. The average molecular weight is 341 g/mol. The van der Waals surface area contributed by atoms with Gasteiger partial charge in [-0.1, -0.05) is 49.2 Å². The standard InChI is InChI=1S/C18H19N3O2S/c22-16-10-13(14-8-4-5-9-15(14)19-16)11-24-18-21-20-17(23-18)12-6-2-1-3-7-12/h4-5,8-10,12H,1-3,6-7,11H2,(H,19,22). The van der Waals surface area contributed by atoms with Crippen LogP contribution in [0.3, 0.4) is 0 Å². The molecule has 1 aliphatic carbocycles. The van der Waals surface area contributed by atoms with Crippen molar-refractivity contribution in [3.63, 3.8) is 0 Å². The largest absolute Gasteiger partial charge is 0.416 e. The molecule has 1 aromatic carbocycles. The molecule has 0 aliphatic heterocycles. The zero-order valence-corrected chi connectivity index (χ0v) is 14.1. The Labute approximate surface area is 143 Å². The molecular weight excluding hydrogens is 322 g/mol. The Bertz CT molecular complexity index is 896. The number of nitrogens with one attached hydrogen (secondary N) is 1. The topological polar surface area (TPSA) is 71.8 Å². The Balaban J connectivity index is 1.51. The predicted octanol–water partition coefficient (Wildman–Crippen LogP) is 4.25. The van der Waals surface area contributed by atoms with E-state index in [0.29, 0.717) is 16.9 Å². The van der Waals surface area contributed by atoms with Crippen LogP contribution in [0.4, 0.5) is 0 Å². The van der Waals surface area contributed by atoms with Gasteiger partial charge < -0.3 is 9.40 Å². The van der Waals surface area contributed by atoms with Crippen LogP contribution in [0.2, 0.25) is 0 Å². The molecule has 24 heavy (non-hydrogen) atoms. The van der Waals surface area contributed by atoms with E-state index in [1.165, 1.54) is 31.0 Å². The van der Waals surface area contributed by atoms with Crippen LogP contribution in [-0.4, -0.2) is 15.2 Å². The summed E-state index contributed by atoms with van der Waals surface area (Å²) >= 11 is 1.49. The zero-order chi connectivity index (χ0) is 16.4. The van der Waals surface area contributed by atoms with Crippen LogP contribution in [0.5, 0.6) is 0 Å². The molecule has 1 N–H and O–H groups in total. The maximum atomic E-state index is 11.8. The van der Waals surface area contributed by atoms with E-state index in [2.05, 4.69) is 15.2 Å². The smallest absolute Gasteiger partial charge is 0.276 e. The monoisotopic (exact) mass is 341 g/mol. The minimum absolute atomic E-state index is 0.0854. The lowest BCUT2D eigenvalue weighted by Gasteiger charge is -2.17. The van der Waals surface area contributed by atoms with Gasteiger partial charge in [0.1, 0.15) is 0 Å². The second-order valence-corrected chi connectivity index (χ2v) is 7.16. The molecule has 0 atom stereocenters. The van der Waals surface area contributed by atoms with Gasteiger partial charge in [0.05, 0.1) is 0 Å². The number of thioether (sulfide) groups is 1. The average Bonchev–Trinajstić information content (AvgIpc) is 3.09. The highest BCUT2D eigenvalue weighted by molar-refractivity contribution is 7.98. The molecule has 124 valence electrons. The number of fused-ring (bicyclic) bond motifs is 1. The summed E-state index contributed by atoms with van der Waals surface area (Å²) in [6.45, 7) is 0. The van der Waals surface area contributed by atoms with E-state index in [9.17, 15) is 4.79 Å². The molecule has 6 heteroatoms. The molecule has 1 fully saturated rings. The number of aromatic nitrogens is 3. The summed E-state index contributed by atoms with van der Waals surface area (Å²) in [5.41, 5.74) is 1.75. The number of benzene rings is 1. The van der Waals surface area contributed by atoms with Crippen molar-refractivity contribution in [3.8, 4) is 0 Å². The van der Waals surface area contributed by atoms with Crippen molar-refractivity contribution >= 4 is 22.7 Å². The van der Waals surface area contributed by atoms with Crippen LogP contribution in [-0.2, 0) is 5.75 Å². The third-order valence-electron chi connectivity index (χ3n) is 4.56. The predicted molar refractivity (Wildman–Crippen MR) is 94.3 cm³/mol. The van der Waals surface area contributed by atoms with E-state index in [1.54, 1.807) is 6.07 Å². The molecule has 2 heterocycles. The Morgan fingerprint density at radius 2 is 2.00 bits per heavy atom. The van der Waals surface area contributed by atoms with Gasteiger partial charge in [0.2, 0.25) is 11.4 Å². The van der Waals surface area contributed by atoms with Gasteiger partial charge in [-0.15, -0.1) is 10.2 Å². The number of para-hydroxylation sites is 1. The molecule has 0 radical (unpaired) electrons. The fraction of sp³-hybridized carbons (Fsp3) is 0.389. The summed E-state index contributed by atoms with van der Waals surface area (Å²) < 4.78 is 5.84. The highest BCUT2D eigenvalue weighted by atomic mass is 32.2. The van der Waals surface area contributed by atoms with Gasteiger partial charge >= 0.3 is 0 Å². The molecular formula is C18H19N3O2S. The molecule has 0 spiro atoms. The maximum Gasteiger partial charge on any atom is 0.276 e. The molecule has 0 amide bonds.